The van der Waals surface area contributed by atoms with E-state index in [4.69, 9.17) is 15.1 Å². The SMILES string of the molecule is N#Cc1cccc(COc2cccnc2CO)c1. The molecule has 0 unspecified atom stereocenters. The van der Waals surface area contributed by atoms with Gasteiger partial charge in [0.15, 0.2) is 0 Å². The molecule has 18 heavy (non-hydrogen) atoms. The Labute approximate surface area is 105 Å². The van der Waals surface area contributed by atoms with Crippen LogP contribution in [0.25, 0.3) is 0 Å². The van der Waals surface area contributed by atoms with E-state index in [1.807, 2.05) is 12.1 Å². The number of hydrogen-bond donors (Lipinski definition) is 1. The molecule has 4 nitrogen and oxygen atoms in total. The van der Waals surface area contributed by atoms with E-state index in [0.29, 0.717) is 23.6 Å². The van der Waals surface area contributed by atoms with Crippen LogP contribution >= 0.6 is 0 Å². The van der Waals surface area contributed by atoms with Crippen LogP contribution in [0, 0.1) is 11.3 Å². The molecule has 0 radical (unpaired) electrons. The Kier molecular flexibility index (Phi) is 3.90. The summed E-state index contributed by atoms with van der Waals surface area (Å²) in [5, 5.41) is 17.9. The topological polar surface area (TPSA) is 66.1 Å². The maximum Gasteiger partial charge on any atom is 0.143 e. The van der Waals surface area contributed by atoms with Crippen molar-refractivity contribution in [2.24, 2.45) is 0 Å². The van der Waals surface area contributed by atoms with Gasteiger partial charge in [-0.15, -0.1) is 0 Å². The average molecular weight is 240 g/mol. The number of hydrogen-bond acceptors (Lipinski definition) is 4. The monoisotopic (exact) mass is 240 g/mol. The quantitative estimate of drug-likeness (QED) is 0.887. The summed E-state index contributed by atoms with van der Waals surface area (Å²) in [6.45, 7) is 0.183. The van der Waals surface area contributed by atoms with E-state index in [0.717, 1.165) is 5.56 Å². The molecule has 0 aliphatic carbocycles. The summed E-state index contributed by atoms with van der Waals surface area (Å²) in [4.78, 5) is 4.02. The van der Waals surface area contributed by atoms with Crippen LogP contribution in [0.4, 0.5) is 0 Å². The zero-order valence-electron chi connectivity index (χ0n) is 9.71. The van der Waals surface area contributed by atoms with Crippen LogP contribution in [-0.4, -0.2) is 10.1 Å². The summed E-state index contributed by atoms with van der Waals surface area (Å²) in [7, 11) is 0. The van der Waals surface area contributed by atoms with Gasteiger partial charge >= 0.3 is 0 Å². The van der Waals surface area contributed by atoms with Gasteiger partial charge in [-0.3, -0.25) is 4.98 Å². The van der Waals surface area contributed by atoms with Crippen molar-refractivity contribution in [3.05, 3.63) is 59.4 Å². The number of aliphatic hydroxyl groups excluding tert-OH is 1. The van der Waals surface area contributed by atoms with E-state index < -0.39 is 0 Å². The lowest BCUT2D eigenvalue weighted by molar-refractivity contribution is 0.253. The standard InChI is InChI=1S/C14H12N2O2/c15-8-11-3-1-4-12(7-11)10-18-14-5-2-6-16-13(14)9-17/h1-7,17H,9-10H2. The van der Waals surface area contributed by atoms with E-state index in [1.54, 1.807) is 30.5 Å². The number of rotatable bonds is 4. The second kappa shape index (κ2) is 5.80. The molecule has 0 aliphatic heterocycles. The van der Waals surface area contributed by atoms with Crippen LogP contribution in [0.3, 0.4) is 0 Å². The molecule has 0 fully saturated rings. The maximum absolute atomic E-state index is 9.11. The first kappa shape index (κ1) is 12.1. The highest BCUT2D eigenvalue weighted by Gasteiger charge is 2.03. The number of pyridine rings is 1. The predicted octanol–water partition coefficient (Wildman–Crippen LogP) is 2.02. The molecule has 0 bridgehead atoms. The maximum atomic E-state index is 9.11. The summed E-state index contributed by atoms with van der Waals surface area (Å²) >= 11 is 0. The Morgan fingerprint density at radius 2 is 2.17 bits per heavy atom. The minimum atomic E-state index is -0.158. The highest BCUT2D eigenvalue weighted by atomic mass is 16.5. The smallest absolute Gasteiger partial charge is 0.143 e. The fraction of sp³-hybridized carbons (Fsp3) is 0.143. The van der Waals surface area contributed by atoms with Crippen molar-refractivity contribution in [1.82, 2.24) is 4.98 Å². The summed E-state index contributed by atoms with van der Waals surface area (Å²) in [6, 6.07) is 12.8. The minimum Gasteiger partial charge on any atom is -0.487 e. The van der Waals surface area contributed by atoms with Crippen LogP contribution in [-0.2, 0) is 13.2 Å². The van der Waals surface area contributed by atoms with Gasteiger partial charge in [-0.25, -0.2) is 0 Å². The first-order chi connectivity index (χ1) is 8.83. The molecule has 0 saturated heterocycles. The van der Waals surface area contributed by atoms with Crippen LogP contribution in [0.5, 0.6) is 5.75 Å². The largest absolute Gasteiger partial charge is 0.487 e. The van der Waals surface area contributed by atoms with Gasteiger partial charge in [-0.05, 0) is 29.8 Å². The molecule has 1 N–H and O–H groups in total. The van der Waals surface area contributed by atoms with Crippen LogP contribution in [0.2, 0.25) is 0 Å². The molecule has 90 valence electrons. The normalized spacial score (nSPS) is 9.78. The summed E-state index contributed by atoms with van der Waals surface area (Å²) in [5.74, 6) is 0.558. The minimum absolute atomic E-state index is 0.158. The molecule has 1 heterocycles. The Bertz CT molecular complexity index is 576. The van der Waals surface area contributed by atoms with Crippen molar-refractivity contribution in [2.75, 3.05) is 0 Å². The fourth-order valence-corrected chi connectivity index (χ4v) is 1.57. The molecule has 4 heteroatoms. The van der Waals surface area contributed by atoms with Crippen molar-refractivity contribution in [3.8, 4) is 11.8 Å². The van der Waals surface area contributed by atoms with Crippen molar-refractivity contribution < 1.29 is 9.84 Å². The van der Waals surface area contributed by atoms with Crippen molar-refractivity contribution >= 4 is 0 Å². The lowest BCUT2D eigenvalue weighted by atomic mass is 10.1. The zero-order valence-corrected chi connectivity index (χ0v) is 9.71. The summed E-state index contributed by atoms with van der Waals surface area (Å²) in [5.41, 5.74) is 2.01. The Morgan fingerprint density at radius 3 is 2.94 bits per heavy atom. The van der Waals surface area contributed by atoms with E-state index >= 15 is 0 Å². The fourth-order valence-electron chi connectivity index (χ4n) is 1.57. The van der Waals surface area contributed by atoms with E-state index in [9.17, 15) is 0 Å². The van der Waals surface area contributed by atoms with Gasteiger partial charge in [0.1, 0.15) is 18.1 Å². The van der Waals surface area contributed by atoms with Crippen LogP contribution in [0.15, 0.2) is 42.6 Å². The van der Waals surface area contributed by atoms with Gasteiger partial charge in [0.2, 0.25) is 0 Å². The van der Waals surface area contributed by atoms with Gasteiger partial charge in [0.25, 0.3) is 0 Å². The predicted molar refractivity (Wildman–Crippen MR) is 65.6 cm³/mol. The van der Waals surface area contributed by atoms with Gasteiger partial charge < -0.3 is 9.84 Å². The van der Waals surface area contributed by atoms with Gasteiger partial charge in [0, 0.05) is 6.20 Å². The molecule has 0 aliphatic rings. The Hall–Kier alpha value is -2.38. The van der Waals surface area contributed by atoms with Gasteiger partial charge in [-0.2, -0.15) is 5.26 Å². The molecule has 0 amide bonds. The Balaban J connectivity index is 2.09. The molecule has 2 rings (SSSR count). The van der Waals surface area contributed by atoms with E-state index in [-0.39, 0.29) is 6.61 Å². The first-order valence-corrected chi connectivity index (χ1v) is 5.50. The van der Waals surface area contributed by atoms with E-state index in [2.05, 4.69) is 11.1 Å². The van der Waals surface area contributed by atoms with E-state index in [1.165, 1.54) is 0 Å². The number of ether oxygens (including phenoxy) is 1. The number of nitrogens with zero attached hydrogens (tertiary/aromatic N) is 2. The summed E-state index contributed by atoms with van der Waals surface area (Å²) in [6.07, 6.45) is 1.61. The van der Waals surface area contributed by atoms with Crippen LogP contribution in [0.1, 0.15) is 16.8 Å². The highest BCUT2D eigenvalue weighted by molar-refractivity contribution is 5.33. The van der Waals surface area contributed by atoms with Crippen LogP contribution < -0.4 is 4.74 Å². The lowest BCUT2D eigenvalue weighted by Crippen LogP contribution is -2.00. The van der Waals surface area contributed by atoms with Crippen molar-refractivity contribution in [3.63, 3.8) is 0 Å². The van der Waals surface area contributed by atoms with Gasteiger partial charge in [-0.1, -0.05) is 12.1 Å². The second-order valence-corrected chi connectivity index (χ2v) is 3.71. The number of nitriles is 1. The molecule has 0 saturated carbocycles. The lowest BCUT2D eigenvalue weighted by Gasteiger charge is -2.09. The molecular weight excluding hydrogens is 228 g/mol. The van der Waals surface area contributed by atoms with Crippen molar-refractivity contribution in [1.29, 1.82) is 5.26 Å². The Morgan fingerprint density at radius 1 is 1.28 bits per heavy atom. The number of aromatic nitrogens is 1. The van der Waals surface area contributed by atoms with Gasteiger partial charge in [0.05, 0.1) is 18.2 Å². The molecule has 0 spiro atoms. The average Bonchev–Trinajstić information content (AvgIpc) is 2.45. The summed E-state index contributed by atoms with van der Waals surface area (Å²) < 4.78 is 5.58. The third-order valence-electron chi connectivity index (χ3n) is 2.45. The second-order valence-electron chi connectivity index (χ2n) is 3.71. The molecular formula is C14H12N2O2. The molecule has 1 aromatic heterocycles. The highest BCUT2D eigenvalue weighted by Crippen LogP contribution is 2.17. The van der Waals surface area contributed by atoms with Crippen molar-refractivity contribution in [2.45, 2.75) is 13.2 Å². The first-order valence-electron chi connectivity index (χ1n) is 5.50. The number of aliphatic hydroxyl groups is 1. The third kappa shape index (κ3) is 2.84. The molecule has 0 atom stereocenters. The zero-order chi connectivity index (χ0) is 12.8. The third-order valence-corrected chi connectivity index (χ3v) is 2.45. The molecule has 2 aromatic rings. The number of benzene rings is 1. The molecule has 1 aromatic carbocycles.